The lowest BCUT2D eigenvalue weighted by Crippen LogP contribution is -2.12. The SMILES string of the molecule is O=c1[nH]c(=O)n(S)n1S. The van der Waals surface area contributed by atoms with Gasteiger partial charge in [0, 0.05) is 0 Å². The number of aromatic nitrogens is 3. The van der Waals surface area contributed by atoms with Crippen LogP contribution < -0.4 is 11.4 Å². The van der Waals surface area contributed by atoms with E-state index in [9.17, 15) is 9.59 Å². The fourth-order valence-corrected chi connectivity index (χ4v) is 0.626. The van der Waals surface area contributed by atoms with Crippen LogP contribution in [0.5, 0.6) is 0 Å². The van der Waals surface area contributed by atoms with Gasteiger partial charge in [-0.05, 0) is 25.6 Å². The lowest BCUT2D eigenvalue weighted by molar-refractivity contribution is 0.905. The second-order valence-corrected chi connectivity index (χ2v) is 2.07. The summed E-state index contributed by atoms with van der Waals surface area (Å²) in [5, 5.41) is 0. The smallest absolute Gasteiger partial charge is 0.255 e. The zero-order valence-electron chi connectivity index (χ0n) is 4.11. The Labute approximate surface area is 60.4 Å². The topological polar surface area (TPSA) is 59.8 Å². The molecule has 0 amide bonds. The molecule has 9 heavy (non-hydrogen) atoms. The van der Waals surface area contributed by atoms with E-state index in [1.165, 1.54) is 0 Å². The van der Waals surface area contributed by atoms with Gasteiger partial charge >= 0.3 is 11.4 Å². The van der Waals surface area contributed by atoms with Crippen LogP contribution in [0.4, 0.5) is 0 Å². The first-order valence-corrected chi connectivity index (χ1v) is 2.76. The minimum Gasteiger partial charge on any atom is -0.255 e. The molecule has 0 aliphatic rings. The summed E-state index contributed by atoms with van der Waals surface area (Å²) in [5.74, 6) is 0. The van der Waals surface area contributed by atoms with Gasteiger partial charge in [-0.2, -0.15) is 8.17 Å². The van der Waals surface area contributed by atoms with Crippen LogP contribution >= 0.6 is 25.6 Å². The third kappa shape index (κ3) is 0.924. The average molecular weight is 165 g/mol. The summed E-state index contributed by atoms with van der Waals surface area (Å²) < 4.78 is 1.51. The van der Waals surface area contributed by atoms with Crippen LogP contribution in [0.2, 0.25) is 0 Å². The molecule has 0 spiro atoms. The molecule has 0 atom stereocenters. The lowest BCUT2D eigenvalue weighted by atomic mass is 11.2. The van der Waals surface area contributed by atoms with E-state index >= 15 is 0 Å². The van der Waals surface area contributed by atoms with Gasteiger partial charge in [-0.25, -0.2) is 9.59 Å². The van der Waals surface area contributed by atoms with Crippen LogP contribution in [0.3, 0.4) is 0 Å². The summed E-state index contributed by atoms with van der Waals surface area (Å²) >= 11 is 7.18. The molecular weight excluding hydrogens is 162 g/mol. The molecular formula is C2H3N3O2S2. The van der Waals surface area contributed by atoms with Gasteiger partial charge in [0.1, 0.15) is 0 Å². The number of nitrogens with zero attached hydrogens (tertiary/aromatic N) is 2. The van der Waals surface area contributed by atoms with Gasteiger partial charge in [0.25, 0.3) is 0 Å². The molecule has 7 heteroatoms. The first kappa shape index (κ1) is 6.56. The molecule has 0 saturated carbocycles. The van der Waals surface area contributed by atoms with E-state index < -0.39 is 11.4 Å². The number of nitrogens with one attached hydrogen (secondary N) is 1. The predicted octanol–water partition coefficient (Wildman–Crippen LogP) is -1.28. The molecule has 1 rings (SSSR count). The second-order valence-electron chi connectivity index (χ2n) is 1.31. The van der Waals surface area contributed by atoms with Crippen molar-refractivity contribution in [2.24, 2.45) is 0 Å². The van der Waals surface area contributed by atoms with E-state index in [1.54, 1.807) is 0 Å². The number of thiol groups is 2. The highest BCUT2D eigenvalue weighted by atomic mass is 32.1. The Hall–Kier alpha value is -0.560. The molecule has 0 saturated heterocycles. The Bertz CT molecular complexity index is 289. The first-order valence-electron chi connectivity index (χ1n) is 1.96. The van der Waals surface area contributed by atoms with Crippen LogP contribution in [0.1, 0.15) is 0 Å². The summed E-state index contributed by atoms with van der Waals surface area (Å²) in [6.07, 6.45) is 0. The molecule has 0 aliphatic heterocycles. The Balaban J connectivity index is 3.67. The number of hydrogen-bond acceptors (Lipinski definition) is 4. The van der Waals surface area contributed by atoms with Crippen molar-refractivity contribution in [3.05, 3.63) is 21.0 Å². The number of hydrogen-bond donors (Lipinski definition) is 3. The highest BCUT2D eigenvalue weighted by molar-refractivity contribution is 7.81. The molecule has 50 valence electrons. The Morgan fingerprint density at radius 3 is 1.56 bits per heavy atom. The van der Waals surface area contributed by atoms with Gasteiger partial charge in [0.05, 0.1) is 0 Å². The Morgan fingerprint density at radius 1 is 1.11 bits per heavy atom. The highest BCUT2D eigenvalue weighted by Gasteiger charge is 1.98. The number of H-pyrrole nitrogens is 1. The standard InChI is InChI=1S/C2H3N3O2S2/c6-1-3-2(7)5(9)4(1)8/h8-9H,(H,3,6,7). The van der Waals surface area contributed by atoms with Gasteiger partial charge in [-0.1, -0.05) is 0 Å². The molecule has 0 aromatic carbocycles. The molecule has 0 bridgehead atoms. The monoisotopic (exact) mass is 165 g/mol. The van der Waals surface area contributed by atoms with Crippen molar-refractivity contribution in [1.29, 1.82) is 0 Å². The summed E-state index contributed by atoms with van der Waals surface area (Å²) in [4.78, 5) is 22.8. The molecule has 1 aromatic rings. The van der Waals surface area contributed by atoms with Crippen LogP contribution in [0, 0.1) is 0 Å². The van der Waals surface area contributed by atoms with Crippen molar-refractivity contribution < 1.29 is 0 Å². The zero-order chi connectivity index (χ0) is 7.02. The summed E-state index contributed by atoms with van der Waals surface area (Å²) in [7, 11) is 0. The van der Waals surface area contributed by atoms with Gasteiger partial charge in [0.2, 0.25) is 0 Å². The summed E-state index contributed by atoms with van der Waals surface area (Å²) in [5.41, 5.74) is -1.20. The van der Waals surface area contributed by atoms with Gasteiger partial charge in [0.15, 0.2) is 0 Å². The Kier molecular flexibility index (Phi) is 1.45. The lowest BCUT2D eigenvalue weighted by Gasteiger charge is -1.87. The minimum absolute atomic E-state index is 0.599. The van der Waals surface area contributed by atoms with Crippen molar-refractivity contribution in [2.75, 3.05) is 0 Å². The average Bonchev–Trinajstić information content (AvgIpc) is 1.98. The van der Waals surface area contributed by atoms with Crippen molar-refractivity contribution in [2.45, 2.75) is 0 Å². The fraction of sp³-hybridized carbons (Fsp3) is 0. The van der Waals surface area contributed by atoms with Crippen molar-refractivity contribution in [3.8, 4) is 0 Å². The van der Waals surface area contributed by atoms with Gasteiger partial charge in [-0.15, -0.1) is 0 Å². The largest absolute Gasteiger partial charge is 0.355 e. The quantitative estimate of drug-likeness (QED) is 0.419. The van der Waals surface area contributed by atoms with Crippen LogP contribution in [0.15, 0.2) is 9.59 Å². The third-order valence-corrected chi connectivity index (χ3v) is 1.62. The highest BCUT2D eigenvalue weighted by Crippen LogP contribution is 1.78. The molecule has 0 fully saturated rings. The summed E-state index contributed by atoms with van der Waals surface area (Å²) in [6, 6.07) is 0. The summed E-state index contributed by atoms with van der Waals surface area (Å²) in [6.45, 7) is 0. The van der Waals surface area contributed by atoms with E-state index in [-0.39, 0.29) is 0 Å². The maximum Gasteiger partial charge on any atom is 0.355 e. The second kappa shape index (κ2) is 1.99. The van der Waals surface area contributed by atoms with Gasteiger partial charge < -0.3 is 0 Å². The molecule has 1 N–H and O–H groups in total. The van der Waals surface area contributed by atoms with Crippen molar-refractivity contribution >= 4 is 25.6 Å². The van der Waals surface area contributed by atoms with Crippen LogP contribution in [-0.4, -0.2) is 13.2 Å². The molecule has 5 nitrogen and oxygen atoms in total. The normalized spacial score (nSPS) is 10.0. The third-order valence-electron chi connectivity index (χ3n) is 0.757. The molecule has 0 unspecified atom stereocenters. The first-order chi connectivity index (χ1) is 4.13. The molecule has 0 radical (unpaired) electrons. The van der Waals surface area contributed by atoms with Crippen LogP contribution in [-0.2, 0) is 0 Å². The van der Waals surface area contributed by atoms with Crippen molar-refractivity contribution in [1.82, 2.24) is 13.2 Å². The zero-order valence-corrected chi connectivity index (χ0v) is 5.89. The predicted molar refractivity (Wildman–Crippen MR) is 38.1 cm³/mol. The van der Waals surface area contributed by atoms with E-state index in [0.717, 1.165) is 8.17 Å². The van der Waals surface area contributed by atoms with Crippen molar-refractivity contribution in [3.63, 3.8) is 0 Å². The number of aromatic amines is 1. The van der Waals surface area contributed by atoms with Gasteiger partial charge in [-0.3, -0.25) is 4.98 Å². The van der Waals surface area contributed by atoms with Crippen LogP contribution in [0.25, 0.3) is 0 Å². The minimum atomic E-state index is -0.599. The van der Waals surface area contributed by atoms with E-state index in [2.05, 4.69) is 25.6 Å². The van der Waals surface area contributed by atoms with E-state index in [0.29, 0.717) is 0 Å². The number of rotatable bonds is 0. The molecule has 1 aromatic heterocycles. The van der Waals surface area contributed by atoms with E-state index in [1.807, 2.05) is 4.98 Å². The molecule has 0 aliphatic carbocycles. The maximum absolute atomic E-state index is 10.4. The fourth-order valence-electron chi connectivity index (χ4n) is 0.364. The molecule has 1 heterocycles. The maximum atomic E-state index is 10.4. The van der Waals surface area contributed by atoms with E-state index in [4.69, 9.17) is 0 Å². The Morgan fingerprint density at radius 2 is 1.44 bits per heavy atom.